The monoisotopic (exact) mass is 301 g/mol. The van der Waals surface area contributed by atoms with E-state index in [0.29, 0.717) is 16.4 Å². The second kappa shape index (κ2) is 4.81. The van der Waals surface area contributed by atoms with E-state index in [1.54, 1.807) is 12.1 Å². The van der Waals surface area contributed by atoms with Crippen LogP contribution in [0.15, 0.2) is 24.3 Å². The predicted octanol–water partition coefficient (Wildman–Crippen LogP) is 4.16. The molecule has 0 aromatic heterocycles. The summed E-state index contributed by atoms with van der Waals surface area (Å²) in [6.07, 6.45) is 8.00. The Kier molecular flexibility index (Phi) is 3.11. The molecule has 0 heterocycles. The first kappa shape index (κ1) is 14.2. The van der Waals surface area contributed by atoms with Gasteiger partial charge in [-0.1, -0.05) is 6.92 Å². The Balaban J connectivity index is 1.45. The third-order valence-corrected chi connectivity index (χ3v) is 6.21. The van der Waals surface area contributed by atoms with E-state index in [9.17, 15) is 9.18 Å². The molecule has 2 atom stereocenters. The maximum atomic E-state index is 13.0. The number of amides is 1. The van der Waals surface area contributed by atoms with Gasteiger partial charge in [0.1, 0.15) is 5.82 Å². The van der Waals surface area contributed by atoms with Crippen molar-refractivity contribution in [3.63, 3.8) is 0 Å². The minimum Gasteiger partial charge on any atom is -0.351 e. The van der Waals surface area contributed by atoms with Crippen molar-refractivity contribution in [1.82, 2.24) is 5.32 Å². The van der Waals surface area contributed by atoms with Gasteiger partial charge in [-0.25, -0.2) is 4.39 Å². The zero-order chi connectivity index (χ0) is 15.4. The van der Waals surface area contributed by atoms with Gasteiger partial charge in [-0.15, -0.1) is 0 Å². The van der Waals surface area contributed by atoms with Gasteiger partial charge >= 0.3 is 0 Å². The molecule has 1 N–H and O–H groups in total. The predicted molar refractivity (Wildman–Crippen MR) is 84.0 cm³/mol. The SMILES string of the molecule is CC12C[C@@H]3C[C@@H](C1)CC(CNC(=O)c1ccc(F)cc1)(C3)C2. The summed E-state index contributed by atoms with van der Waals surface area (Å²) in [6.45, 7) is 3.23. The molecule has 4 saturated carbocycles. The van der Waals surface area contributed by atoms with Crippen molar-refractivity contribution in [3.8, 4) is 0 Å². The summed E-state index contributed by atoms with van der Waals surface area (Å²) in [4.78, 5) is 12.3. The summed E-state index contributed by atoms with van der Waals surface area (Å²) in [5, 5.41) is 3.13. The molecule has 118 valence electrons. The highest BCUT2D eigenvalue weighted by Crippen LogP contribution is 2.64. The summed E-state index contributed by atoms with van der Waals surface area (Å²) in [5.41, 5.74) is 1.37. The Hall–Kier alpha value is -1.38. The van der Waals surface area contributed by atoms with Crippen molar-refractivity contribution in [2.45, 2.75) is 45.4 Å². The van der Waals surface area contributed by atoms with Gasteiger partial charge in [-0.2, -0.15) is 0 Å². The molecule has 1 aromatic rings. The smallest absolute Gasteiger partial charge is 0.251 e. The van der Waals surface area contributed by atoms with E-state index in [-0.39, 0.29) is 11.7 Å². The molecular weight excluding hydrogens is 277 g/mol. The number of hydrogen-bond acceptors (Lipinski definition) is 1. The molecule has 0 unspecified atom stereocenters. The first-order valence-electron chi connectivity index (χ1n) is 8.49. The summed E-state index contributed by atoms with van der Waals surface area (Å²) >= 11 is 0. The lowest BCUT2D eigenvalue weighted by atomic mass is 9.44. The van der Waals surface area contributed by atoms with Crippen LogP contribution in [-0.2, 0) is 0 Å². The average molecular weight is 301 g/mol. The van der Waals surface area contributed by atoms with Crippen LogP contribution in [0, 0.1) is 28.5 Å². The molecule has 4 aliphatic rings. The largest absolute Gasteiger partial charge is 0.351 e. The Morgan fingerprint density at radius 1 is 1.18 bits per heavy atom. The number of halogens is 1. The zero-order valence-corrected chi connectivity index (χ0v) is 13.2. The topological polar surface area (TPSA) is 29.1 Å². The average Bonchev–Trinajstić information content (AvgIpc) is 2.43. The van der Waals surface area contributed by atoms with Crippen LogP contribution < -0.4 is 5.32 Å². The molecule has 0 radical (unpaired) electrons. The first-order chi connectivity index (χ1) is 10.5. The van der Waals surface area contributed by atoms with E-state index in [1.807, 2.05) is 0 Å². The molecule has 4 aliphatic carbocycles. The van der Waals surface area contributed by atoms with Gasteiger partial charge in [0.25, 0.3) is 5.91 Å². The molecule has 4 bridgehead atoms. The molecule has 1 amide bonds. The minimum atomic E-state index is -0.300. The molecule has 5 rings (SSSR count). The normalized spacial score (nSPS) is 39.0. The Labute approximate surface area is 131 Å². The summed E-state index contributed by atoms with van der Waals surface area (Å²) < 4.78 is 13.0. The van der Waals surface area contributed by atoms with Crippen LogP contribution >= 0.6 is 0 Å². The van der Waals surface area contributed by atoms with Crippen molar-refractivity contribution in [2.24, 2.45) is 22.7 Å². The molecule has 2 nitrogen and oxygen atoms in total. The summed E-state index contributed by atoms with van der Waals surface area (Å²) in [6, 6.07) is 5.82. The second-order valence-corrected chi connectivity index (χ2v) is 8.46. The molecule has 0 aliphatic heterocycles. The molecule has 22 heavy (non-hydrogen) atoms. The summed E-state index contributed by atoms with van der Waals surface area (Å²) in [5.74, 6) is 1.37. The third kappa shape index (κ3) is 2.45. The highest BCUT2D eigenvalue weighted by Gasteiger charge is 2.55. The van der Waals surface area contributed by atoms with Gasteiger partial charge in [-0.05, 0) is 85.5 Å². The van der Waals surface area contributed by atoms with Crippen LogP contribution in [0.25, 0.3) is 0 Å². The second-order valence-electron chi connectivity index (χ2n) is 8.46. The fourth-order valence-electron chi connectivity index (χ4n) is 6.11. The highest BCUT2D eigenvalue weighted by molar-refractivity contribution is 5.94. The number of nitrogens with one attached hydrogen (secondary N) is 1. The third-order valence-electron chi connectivity index (χ3n) is 6.21. The quantitative estimate of drug-likeness (QED) is 0.892. The van der Waals surface area contributed by atoms with E-state index in [1.165, 1.54) is 50.7 Å². The van der Waals surface area contributed by atoms with Crippen molar-refractivity contribution in [1.29, 1.82) is 0 Å². The van der Waals surface area contributed by atoms with Crippen LogP contribution in [0.4, 0.5) is 4.39 Å². The highest BCUT2D eigenvalue weighted by atomic mass is 19.1. The van der Waals surface area contributed by atoms with Gasteiger partial charge in [0.15, 0.2) is 0 Å². The van der Waals surface area contributed by atoms with Crippen LogP contribution in [-0.4, -0.2) is 12.5 Å². The molecule has 0 spiro atoms. The lowest BCUT2D eigenvalue weighted by Crippen LogP contribution is -2.54. The van der Waals surface area contributed by atoms with E-state index in [0.717, 1.165) is 18.4 Å². The zero-order valence-electron chi connectivity index (χ0n) is 13.2. The van der Waals surface area contributed by atoms with Gasteiger partial charge in [-0.3, -0.25) is 4.79 Å². The Morgan fingerprint density at radius 2 is 1.82 bits per heavy atom. The first-order valence-corrected chi connectivity index (χ1v) is 8.49. The standard InChI is InChI=1S/C19H24FNO/c1-18-7-13-6-14(8-18)10-19(9-13,11-18)12-21-17(22)15-2-4-16(20)5-3-15/h2-5,13-14H,6-12H2,1H3,(H,21,22)/t13-,14-,18?,19?/m0/s1. The van der Waals surface area contributed by atoms with Crippen LogP contribution in [0.2, 0.25) is 0 Å². The van der Waals surface area contributed by atoms with E-state index in [2.05, 4.69) is 12.2 Å². The maximum absolute atomic E-state index is 13.0. The minimum absolute atomic E-state index is 0.0686. The van der Waals surface area contributed by atoms with Crippen molar-refractivity contribution >= 4 is 5.91 Å². The molecule has 1 aromatic carbocycles. The number of hydrogen-bond donors (Lipinski definition) is 1. The van der Waals surface area contributed by atoms with E-state index in [4.69, 9.17) is 0 Å². The van der Waals surface area contributed by atoms with Crippen LogP contribution in [0.1, 0.15) is 55.8 Å². The maximum Gasteiger partial charge on any atom is 0.251 e. The Bertz CT molecular complexity index is 580. The van der Waals surface area contributed by atoms with Crippen LogP contribution in [0.5, 0.6) is 0 Å². The van der Waals surface area contributed by atoms with Crippen LogP contribution in [0.3, 0.4) is 0 Å². The van der Waals surface area contributed by atoms with Crippen molar-refractivity contribution in [2.75, 3.05) is 6.54 Å². The number of rotatable bonds is 3. The van der Waals surface area contributed by atoms with Gasteiger partial charge in [0, 0.05) is 12.1 Å². The molecule has 3 heteroatoms. The lowest BCUT2D eigenvalue weighted by molar-refractivity contribution is -0.0989. The van der Waals surface area contributed by atoms with E-state index < -0.39 is 0 Å². The lowest BCUT2D eigenvalue weighted by Gasteiger charge is -2.61. The molecule has 0 saturated heterocycles. The fraction of sp³-hybridized carbons (Fsp3) is 0.632. The molecule has 4 fully saturated rings. The fourth-order valence-corrected chi connectivity index (χ4v) is 6.11. The number of carbonyl (C=O) groups excluding carboxylic acids is 1. The Morgan fingerprint density at radius 3 is 2.41 bits per heavy atom. The van der Waals surface area contributed by atoms with Gasteiger partial charge in [0.2, 0.25) is 0 Å². The number of benzene rings is 1. The number of carbonyl (C=O) groups is 1. The van der Waals surface area contributed by atoms with Gasteiger partial charge < -0.3 is 5.32 Å². The van der Waals surface area contributed by atoms with E-state index >= 15 is 0 Å². The van der Waals surface area contributed by atoms with Crippen molar-refractivity contribution < 1.29 is 9.18 Å². The van der Waals surface area contributed by atoms with Gasteiger partial charge in [0.05, 0.1) is 0 Å². The van der Waals surface area contributed by atoms with Crippen molar-refractivity contribution in [3.05, 3.63) is 35.6 Å². The summed E-state index contributed by atoms with van der Waals surface area (Å²) in [7, 11) is 0. The molecular formula is C19H24FNO.